The lowest BCUT2D eigenvalue weighted by Crippen LogP contribution is -2.22. The van der Waals surface area contributed by atoms with Gasteiger partial charge in [0.15, 0.2) is 0 Å². The molecule has 0 bridgehead atoms. The van der Waals surface area contributed by atoms with Crippen LogP contribution < -0.4 is 5.32 Å². The van der Waals surface area contributed by atoms with Gasteiger partial charge in [-0.1, -0.05) is 13.8 Å². The molecule has 0 aliphatic carbocycles. The van der Waals surface area contributed by atoms with E-state index in [-0.39, 0.29) is 6.42 Å². The maximum Gasteiger partial charge on any atom is 0.309 e. The van der Waals surface area contributed by atoms with E-state index >= 15 is 0 Å². The summed E-state index contributed by atoms with van der Waals surface area (Å²) in [5, 5.41) is 14.8. The number of hydrogen-bond donors (Lipinski definition) is 2. The van der Waals surface area contributed by atoms with Gasteiger partial charge in [-0.3, -0.25) is 4.79 Å². The Morgan fingerprint density at radius 1 is 1.62 bits per heavy atom. The highest BCUT2D eigenvalue weighted by atomic mass is 32.1. The zero-order chi connectivity index (χ0) is 12.0. The van der Waals surface area contributed by atoms with Crippen molar-refractivity contribution < 1.29 is 9.90 Å². The van der Waals surface area contributed by atoms with Crippen molar-refractivity contribution in [1.82, 2.24) is 10.3 Å². The van der Waals surface area contributed by atoms with Crippen molar-refractivity contribution in [2.24, 2.45) is 5.92 Å². The molecule has 90 valence electrons. The van der Waals surface area contributed by atoms with Crippen LogP contribution >= 0.6 is 11.3 Å². The Morgan fingerprint density at radius 2 is 2.38 bits per heavy atom. The Bertz CT molecular complexity index is 336. The van der Waals surface area contributed by atoms with Crippen molar-refractivity contribution in [2.45, 2.75) is 26.7 Å². The molecule has 0 aliphatic rings. The van der Waals surface area contributed by atoms with Crippen LogP contribution in [0.5, 0.6) is 0 Å². The van der Waals surface area contributed by atoms with Gasteiger partial charge >= 0.3 is 5.97 Å². The minimum absolute atomic E-state index is 0.0237. The van der Waals surface area contributed by atoms with Crippen LogP contribution in [0.4, 0.5) is 0 Å². The quantitative estimate of drug-likeness (QED) is 0.712. The fraction of sp³-hybridized carbons (Fsp3) is 0.636. The number of carboxylic acid groups (broad SMARTS) is 1. The zero-order valence-corrected chi connectivity index (χ0v) is 10.5. The standard InChI is InChI=1S/C11H18N2O2S/c1-8(2)6-12-4-3-10-13-9(7-16-10)5-11(14)15/h7-8,12H,3-6H2,1-2H3,(H,14,15). The first-order valence-electron chi connectivity index (χ1n) is 5.43. The largest absolute Gasteiger partial charge is 0.481 e. The molecule has 0 fully saturated rings. The van der Waals surface area contributed by atoms with Crippen LogP contribution in [0.15, 0.2) is 5.38 Å². The predicted octanol–water partition coefficient (Wildman–Crippen LogP) is 1.56. The van der Waals surface area contributed by atoms with Crippen LogP contribution in [0.1, 0.15) is 24.5 Å². The first kappa shape index (κ1) is 13.1. The van der Waals surface area contributed by atoms with Crippen molar-refractivity contribution >= 4 is 17.3 Å². The van der Waals surface area contributed by atoms with Gasteiger partial charge in [0.25, 0.3) is 0 Å². The molecule has 1 heterocycles. The van der Waals surface area contributed by atoms with E-state index in [9.17, 15) is 4.79 Å². The van der Waals surface area contributed by atoms with Gasteiger partial charge in [0.05, 0.1) is 17.1 Å². The number of aliphatic carboxylic acids is 1. The second kappa shape index (κ2) is 6.60. The van der Waals surface area contributed by atoms with Gasteiger partial charge < -0.3 is 10.4 Å². The van der Waals surface area contributed by atoms with E-state index in [1.54, 1.807) is 0 Å². The first-order valence-corrected chi connectivity index (χ1v) is 6.31. The van der Waals surface area contributed by atoms with Crippen LogP contribution in [-0.4, -0.2) is 29.1 Å². The average Bonchev–Trinajstić information content (AvgIpc) is 2.59. The predicted molar refractivity (Wildman–Crippen MR) is 64.9 cm³/mol. The summed E-state index contributed by atoms with van der Waals surface area (Å²) >= 11 is 1.54. The fourth-order valence-corrected chi connectivity index (χ4v) is 2.08. The second-order valence-corrected chi connectivity index (χ2v) is 5.09. The summed E-state index contributed by atoms with van der Waals surface area (Å²) in [6, 6.07) is 0. The molecular weight excluding hydrogens is 224 g/mol. The number of nitrogens with one attached hydrogen (secondary N) is 1. The van der Waals surface area contributed by atoms with Gasteiger partial charge in [0.1, 0.15) is 0 Å². The van der Waals surface area contributed by atoms with E-state index in [4.69, 9.17) is 5.11 Å². The molecule has 0 saturated carbocycles. The monoisotopic (exact) mass is 242 g/mol. The van der Waals surface area contributed by atoms with E-state index < -0.39 is 5.97 Å². The number of rotatable bonds is 7. The average molecular weight is 242 g/mol. The Morgan fingerprint density at radius 3 is 3.00 bits per heavy atom. The third kappa shape index (κ3) is 5.23. The van der Waals surface area contributed by atoms with Gasteiger partial charge in [-0.2, -0.15) is 0 Å². The normalized spacial score (nSPS) is 10.9. The van der Waals surface area contributed by atoms with Crippen LogP contribution in [0.3, 0.4) is 0 Å². The van der Waals surface area contributed by atoms with Crippen molar-refractivity contribution in [3.63, 3.8) is 0 Å². The molecular formula is C11H18N2O2S. The van der Waals surface area contributed by atoms with E-state index in [0.29, 0.717) is 11.6 Å². The Kier molecular flexibility index (Phi) is 5.42. The van der Waals surface area contributed by atoms with Crippen molar-refractivity contribution in [2.75, 3.05) is 13.1 Å². The molecule has 0 saturated heterocycles. The van der Waals surface area contributed by atoms with Gasteiger partial charge in [-0.25, -0.2) is 4.98 Å². The molecule has 0 atom stereocenters. The summed E-state index contributed by atoms with van der Waals surface area (Å²) in [7, 11) is 0. The van der Waals surface area contributed by atoms with Crippen molar-refractivity contribution in [3.8, 4) is 0 Å². The third-order valence-electron chi connectivity index (χ3n) is 2.00. The molecule has 16 heavy (non-hydrogen) atoms. The smallest absolute Gasteiger partial charge is 0.309 e. The molecule has 0 aliphatic heterocycles. The van der Waals surface area contributed by atoms with E-state index in [0.717, 1.165) is 24.5 Å². The minimum atomic E-state index is -0.824. The van der Waals surface area contributed by atoms with Crippen LogP contribution in [0, 0.1) is 5.92 Å². The maximum absolute atomic E-state index is 10.5. The fourth-order valence-electron chi connectivity index (χ4n) is 1.29. The SMILES string of the molecule is CC(C)CNCCc1nc(CC(=O)O)cs1. The molecule has 5 heteroatoms. The summed E-state index contributed by atoms with van der Waals surface area (Å²) in [6.45, 7) is 6.24. The number of hydrogen-bond acceptors (Lipinski definition) is 4. The Labute approximate surface area is 99.7 Å². The lowest BCUT2D eigenvalue weighted by molar-refractivity contribution is -0.136. The Hall–Kier alpha value is -0.940. The summed E-state index contributed by atoms with van der Waals surface area (Å²) in [5.74, 6) is -0.173. The number of nitrogens with zero attached hydrogens (tertiary/aromatic N) is 1. The highest BCUT2D eigenvalue weighted by molar-refractivity contribution is 7.09. The van der Waals surface area contributed by atoms with Gasteiger partial charge in [-0.15, -0.1) is 11.3 Å². The lowest BCUT2D eigenvalue weighted by Gasteiger charge is -2.05. The summed E-state index contributed by atoms with van der Waals surface area (Å²) < 4.78 is 0. The molecule has 4 nitrogen and oxygen atoms in total. The molecule has 0 radical (unpaired) electrons. The number of carboxylic acids is 1. The molecule has 1 aromatic heterocycles. The first-order chi connectivity index (χ1) is 7.58. The molecule has 2 N–H and O–H groups in total. The number of aromatic nitrogens is 1. The minimum Gasteiger partial charge on any atom is -0.481 e. The molecule has 0 spiro atoms. The van der Waals surface area contributed by atoms with E-state index in [1.165, 1.54) is 11.3 Å². The van der Waals surface area contributed by atoms with E-state index in [2.05, 4.69) is 24.1 Å². The summed E-state index contributed by atoms with van der Waals surface area (Å²) in [4.78, 5) is 14.7. The summed E-state index contributed by atoms with van der Waals surface area (Å²) in [6.07, 6.45) is 0.896. The number of thiazole rings is 1. The highest BCUT2D eigenvalue weighted by Gasteiger charge is 2.05. The zero-order valence-electron chi connectivity index (χ0n) is 9.69. The van der Waals surface area contributed by atoms with Gasteiger partial charge in [0, 0.05) is 18.3 Å². The number of carbonyl (C=O) groups is 1. The van der Waals surface area contributed by atoms with Gasteiger partial charge in [0.2, 0.25) is 0 Å². The molecule has 1 rings (SSSR count). The van der Waals surface area contributed by atoms with Gasteiger partial charge in [-0.05, 0) is 12.5 Å². The molecule has 0 aromatic carbocycles. The molecule has 0 unspecified atom stereocenters. The van der Waals surface area contributed by atoms with E-state index in [1.807, 2.05) is 5.38 Å². The molecule has 1 aromatic rings. The van der Waals surface area contributed by atoms with Crippen LogP contribution in [-0.2, 0) is 17.6 Å². The summed E-state index contributed by atoms with van der Waals surface area (Å²) in [5.41, 5.74) is 0.663. The topological polar surface area (TPSA) is 62.2 Å². The lowest BCUT2D eigenvalue weighted by atomic mass is 10.2. The van der Waals surface area contributed by atoms with Crippen molar-refractivity contribution in [1.29, 1.82) is 0 Å². The van der Waals surface area contributed by atoms with Crippen LogP contribution in [0.25, 0.3) is 0 Å². The van der Waals surface area contributed by atoms with Crippen LogP contribution in [0.2, 0.25) is 0 Å². The Balaban J connectivity index is 2.26. The second-order valence-electron chi connectivity index (χ2n) is 4.15. The third-order valence-corrected chi connectivity index (χ3v) is 2.96. The molecule has 0 amide bonds. The highest BCUT2D eigenvalue weighted by Crippen LogP contribution is 2.10. The van der Waals surface area contributed by atoms with Crippen molar-refractivity contribution in [3.05, 3.63) is 16.1 Å². The maximum atomic E-state index is 10.5.